The SMILES string of the molecule is Cc1cc(C)n(CCN2CCCN(C(=O)C3(c4ccc(Cl)cc4)CCCC3)CC2)n1.Cl. The van der Waals surface area contributed by atoms with Crippen LogP contribution < -0.4 is 0 Å². The second-order valence-electron chi connectivity index (χ2n) is 8.93. The van der Waals surface area contributed by atoms with Crippen molar-refractivity contribution in [3.8, 4) is 0 Å². The van der Waals surface area contributed by atoms with Crippen LogP contribution in [-0.4, -0.2) is 58.2 Å². The summed E-state index contributed by atoms with van der Waals surface area (Å²) in [6.45, 7) is 9.67. The molecule has 170 valence electrons. The lowest BCUT2D eigenvalue weighted by atomic mass is 9.77. The molecule has 31 heavy (non-hydrogen) atoms. The predicted molar refractivity (Wildman–Crippen MR) is 128 cm³/mol. The number of nitrogens with zero attached hydrogens (tertiary/aromatic N) is 4. The fourth-order valence-corrected chi connectivity index (χ4v) is 5.34. The van der Waals surface area contributed by atoms with Crippen LogP contribution in [-0.2, 0) is 16.8 Å². The fraction of sp³-hybridized carbons (Fsp3) is 0.583. The van der Waals surface area contributed by atoms with E-state index < -0.39 is 0 Å². The van der Waals surface area contributed by atoms with E-state index in [-0.39, 0.29) is 17.8 Å². The zero-order chi connectivity index (χ0) is 21.1. The van der Waals surface area contributed by atoms with E-state index in [9.17, 15) is 4.79 Å². The van der Waals surface area contributed by atoms with E-state index >= 15 is 0 Å². The van der Waals surface area contributed by atoms with E-state index in [1.807, 2.05) is 19.1 Å². The van der Waals surface area contributed by atoms with Crippen molar-refractivity contribution in [1.82, 2.24) is 19.6 Å². The van der Waals surface area contributed by atoms with Gasteiger partial charge in [0, 0.05) is 36.9 Å². The van der Waals surface area contributed by atoms with Crippen molar-refractivity contribution in [3.63, 3.8) is 0 Å². The molecule has 1 aromatic carbocycles. The van der Waals surface area contributed by atoms with Crippen LogP contribution in [0.25, 0.3) is 0 Å². The molecule has 1 aromatic heterocycles. The zero-order valence-corrected chi connectivity index (χ0v) is 20.2. The van der Waals surface area contributed by atoms with Crippen molar-refractivity contribution in [2.75, 3.05) is 32.7 Å². The number of hydrogen-bond acceptors (Lipinski definition) is 3. The maximum atomic E-state index is 13.8. The highest BCUT2D eigenvalue weighted by Crippen LogP contribution is 2.43. The second kappa shape index (κ2) is 10.4. The van der Waals surface area contributed by atoms with E-state index in [4.69, 9.17) is 11.6 Å². The molecule has 2 aromatic rings. The lowest BCUT2D eigenvalue weighted by Crippen LogP contribution is -2.47. The van der Waals surface area contributed by atoms with Crippen LogP contribution in [0.1, 0.15) is 49.1 Å². The molecule has 1 amide bonds. The number of hydrogen-bond donors (Lipinski definition) is 0. The van der Waals surface area contributed by atoms with E-state index in [2.05, 4.69) is 44.7 Å². The first kappa shape index (κ1) is 24.1. The Labute approximate surface area is 197 Å². The molecule has 7 heteroatoms. The van der Waals surface area contributed by atoms with Gasteiger partial charge in [-0.15, -0.1) is 12.4 Å². The van der Waals surface area contributed by atoms with Gasteiger partial charge in [0.15, 0.2) is 0 Å². The monoisotopic (exact) mass is 464 g/mol. The van der Waals surface area contributed by atoms with Gasteiger partial charge in [0.2, 0.25) is 5.91 Å². The van der Waals surface area contributed by atoms with Gasteiger partial charge < -0.3 is 4.90 Å². The number of amides is 1. The summed E-state index contributed by atoms with van der Waals surface area (Å²) in [7, 11) is 0. The average Bonchev–Trinajstić information content (AvgIpc) is 3.27. The van der Waals surface area contributed by atoms with Crippen molar-refractivity contribution in [1.29, 1.82) is 0 Å². The van der Waals surface area contributed by atoms with Gasteiger partial charge in [-0.1, -0.05) is 36.6 Å². The van der Waals surface area contributed by atoms with Crippen LogP contribution in [0.15, 0.2) is 30.3 Å². The molecule has 2 heterocycles. The molecule has 0 spiro atoms. The molecule has 0 atom stereocenters. The van der Waals surface area contributed by atoms with Gasteiger partial charge in [0.25, 0.3) is 0 Å². The third kappa shape index (κ3) is 5.27. The summed E-state index contributed by atoms with van der Waals surface area (Å²) in [6.07, 6.45) is 5.17. The molecule has 1 saturated heterocycles. The summed E-state index contributed by atoms with van der Waals surface area (Å²) >= 11 is 6.11. The van der Waals surface area contributed by atoms with Crippen LogP contribution in [0.2, 0.25) is 5.02 Å². The predicted octanol–water partition coefficient (Wildman–Crippen LogP) is 4.62. The Balaban J connectivity index is 0.00000272. The largest absolute Gasteiger partial charge is 0.341 e. The molecule has 4 rings (SSSR count). The summed E-state index contributed by atoms with van der Waals surface area (Å²) < 4.78 is 2.09. The van der Waals surface area contributed by atoms with Crippen molar-refractivity contribution in [2.45, 2.75) is 57.9 Å². The van der Waals surface area contributed by atoms with Gasteiger partial charge in [-0.2, -0.15) is 5.10 Å². The summed E-state index contributed by atoms with van der Waals surface area (Å²) in [5.41, 5.74) is 3.07. The standard InChI is InChI=1S/C24H33ClN4O.ClH/c1-19-18-20(2)29(26-19)17-15-27-12-5-13-28(16-14-27)23(30)24(10-3-4-11-24)21-6-8-22(25)9-7-21;/h6-9,18H,3-5,10-17H2,1-2H3;1H. The Kier molecular flexibility index (Phi) is 8.06. The molecule has 1 saturated carbocycles. The molecule has 0 bridgehead atoms. The van der Waals surface area contributed by atoms with E-state index in [0.29, 0.717) is 5.91 Å². The molecule has 2 fully saturated rings. The summed E-state index contributed by atoms with van der Waals surface area (Å²) in [4.78, 5) is 18.4. The first-order valence-corrected chi connectivity index (χ1v) is 11.6. The highest BCUT2D eigenvalue weighted by Gasteiger charge is 2.45. The molecule has 0 N–H and O–H groups in total. The van der Waals surface area contributed by atoms with Gasteiger partial charge in [-0.3, -0.25) is 14.4 Å². The smallest absolute Gasteiger partial charge is 0.233 e. The Morgan fingerprint density at radius 3 is 2.35 bits per heavy atom. The van der Waals surface area contributed by atoms with Crippen LogP contribution in [0, 0.1) is 13.8 Å². The first-order valence-electron chi connectivity index (χ1n) is 11.3. The minimum Gasteiger partial charge on any atom is -0.341 e. The van der Waals surface area contributed by atoms with Gasteiger partial charge in [0.1, 0.15) is 0 Å². The van der Waals surface area contributed by atoms with Crippen LogP contribution in [0.3, 0.4) is 0 Å². The molecule has 0 unspecified atom stereocenters. The average molecular weight is 465 g/mol. The lowest BCUT2D eigenvalue weighted by Gasteiger charge is -2.34. The summed E-state index contributed by atoms with van der Waals surface area (Å²) in [6, 6.07) is 10.1. The Hall–Kier alpha value is -1.56. The van der Waals surface area contributed by atoms with Crippen molar-refractivity contribution in [3.05, 3.63) is 52.3 Å². The number of rotatable bonds is 5. The van der Waals surface area contributed by atoms with E-state index in [1.165, 1.54) is 5.69 Å². The molecule has 0 radical (unpaired) electrons. The second-order valence-corrected chi connectivity index (χ2v) is 9.37. The van der Waals surface area contributed by atoms with E-state index in [1.54, 1.807) is 0 Å². The minimum atomic E-state index is -0.358. The van der Waals surface area contributed by atoms with Crippen LogP contribution in [0.4, 0.5) is 0 Å². The number of aryl methyl sites for hydroxylation is 2. The fourth-order valence-electron chi connectivity index (χ4n) is 5.21. The normalized spacial score (nSPS) is 19.1. The number of aromatic nitrogens is 2. The third-order valence-corrected chi connectivity index (χ3v) is 7.12. The van der Waals surface area contributed by atoms with Crippen molar-refractivity contribution in [2.24, 2.45) is 0 Å². The van der Waals surface area contributed by atoms with Crippen molar-refractivity contribution >= 4 is 29.9 Å². The van der Waals surface area contributed by atoms with E-state index in [0.717, 1.165) is 87.7 Å². The van der Waals surface area contributed by atoms with Crippen LogP contribution in [0.5, 0.6) is 0 Å². The topological polar surface area (TPSA) is 41.4 Å². The molecule has 2 aliphatic rings. The number of carbonyl (C=O) groups is 1. The summed E-state index contributed by atoms with van der Waals surface area (Å²) in [5, 5.41) is 5.31. The lowest BCUT2D eigenvalue weighted by molar-refractivity contribution is -0.137. The summed E-state index contributed by atoms with van der Waals surface area (Å²) in [5.74, 6) is 0.322. The first-order chi connectivity index (χ1) is 14.5. The van der Waals surface area contributed by atoms with Crippen LogP contribution >= 0.6 is 24.0 Å². The highest BCUT2D eigenvalue weighted by molar-refractivity contribution is 6.30. The van der Waals surface area contributed by atoms with Gasteiger partial charge in [-0.25, -0.2) is 0 Å². The quantitative estimate of drug-likeness (QED) is 0.647. The van der Waals surface area contributed by atoms with Gasteiger partial charge >= 0.3 is 0 Å². The van der Waals surface area contributed by atoms with Crippen molar-refractivity contribution < 1.29 is 4.79 Å². The van der Waals surface area contributed by atoms with Gasteiger partial charge in [-0.05, 0) is 63.4 Å². The maximum Gasteiger partial charge on any atom is 0.233 e. The molecular weight excluding hydrogens is 431 g/mol. The minimum absolute atomic E-state index is 0. The molecule has 1 aliphatic carbocycles. The Morgan fingerprint density at radius 2 is 1.71 bits per heavy atom. The highest BCUT2D eigenvalue weighted by atomic mass is 35.5. The van der Waals surface area contributed by atoms with Gasteiger partial charge in [0.05, 0.1) is 17.7 Å². The molecular formula is C24H34Cl2N4O. The number of carbonyl (C=O) groups excluding carboxylic acids is 1. The number of benzene rings is 1. The Bertz CT molecular complexity index is 874. The number of halogens is 2. The molecule has 1 aliphatic heterocycles. The Morgan fingerprint density at radius 1 is 1.00 bits per heavy atom. The third-order valence-electron chi connectivity index (χ3n) is 6.87. The molecule has 5 nitrogen and oxygen atoms in total. The maximum absolute atomic E-state index is 13.8. The zero-order valence-electron chi connectivity index (χ0n) is 18.6.